The minimum atomic E-state index is -0.171. The Morgan fingerprint density at radius 3 is 2.82 bits per heavy atom. The average Bonchev–Trinajstić information content (AvgIpc) is 2.35. The molecule has 0 saturated carbocycles. The van der Waals surface area contributed by atoms with Gasteiger partial charge in [-0.3, -0.25) is 0 Å². The molecule has 4 heteroatoms. The van der Waals surface area contributed by atoms with Crippen LogP contribution in [0.1, 0.15) is 18.4 Å². The zero-order valence-corrected chi connectivity index (χ0v) is 11.2. The lowest BCUT2D eigenvalue weighted by Gasteiger charge is -2.27. The van der Waals surface area contributed by atoms with Crippen molar-refractivity contribution in [3.05, 3.63) is 34.1 Å². The molecule has 1 fully saturated rings. The molecule has 1 aromatic rings. The molecule has 1 atom stereocenters. The van der Waals surface area contributed by atoms with E-state index in [1.807, 2.05) is 6.07 Å². The van der Waals surface area contributed by atoms with E-state index in [9.17, 15) is 4.39 Å². The molecule has 1 aromatic carbocycles. The summed E-state index contributed by atoms with van der Waals surface area (Å²) in [6.07, 6.45) is 2.56. The standard InChI is InChI=1S/C13H17BrFNO/c14-11-1-2-12(15)10(7-11)8-13(16)9-3-5-17-6-4-9/h1-2,7,9,13H,3-6,8,16H2. The Labute approximate surface area is 109 Å². The maximum Gasteiger partial charge on any atom is 0.126 e. The first-order chi connectivity index (χ1) is 8.16. The van der Waals surface area contributed by atoms with Crippen LogP contribution in [0.2, 0.25) is 0 Å². The van der Waals surface area contributed by atoms with Gasteiger partial charge < -0.3 is 10.5 Å². The summed E-state index contributed by atoms with van der Waals surface area (Å²) in [5, 5.41) is 0. The predicted molar refractivity (Wildman–Crippen MR) is 69.3 cm³/mol. The van der Waals surface area contributed by atoms with Crippen LogP contribution >= 0.6 is 15.9 Å². The summed E-state index contributed by atoms with van der Waals surface area (Å²) in [5.74, 6) is 0.276. The van der Waals surface area contributed by atoms with Gasteiger partial charge in [-0.1, -0.05) is 15.9 Å². The Bertz CT molecular complexity index is 380. The van der Waals surface area contributed by atoms with Gasteiger partial charge in [-0.05, 0) is 48.9 Å². The Morgan fingerprint density at radius 1 is 1.41 bits per heavy atom. The first-order valence-electron chi connectivity index (χ1n) is 5.94. The minimum absolute atomic E-state index is 0.0164. The van der Waals surface area contributed by atoms with Gasteiger partial charge in [0.15, 0.2) is 0 Å². The minimum Gasteiger partial charge on any atom is -0.381 e. The van der Waals surface area contributed by atoms with Crippen molar-refractivity contribution in [2.24, 2.45) is 11.7 Å². The maximum absolute atomic E-state index is 13.6. The second-order valence-electron chi connectivity index (χ2n) is 4.55. The van der Waals surface area contributed by atoms with Crippen molar-refractivity contribution in [1.29, 1.82) is 0 Å². The zero-order valence-electron chi connectivity index (χ0n) is 9.66. The average molecular weight is 302 g/mol. The molecule has 2 rings (SSSR count). The van der Waals surface area contributed by atoms with Crippen LogP contribution in [0.5, 0.6) is 0 Å². The highest BCUT2D eigenvalue weighted by Gasteiger charge is 2.22. The molecule has 1 aliphatic heterocycles. The van der Waals surface area contributed by atoms with Crippen LogP contribution in [0.15, 0.2) is 22.7 Å². The molecule has 1 heterocycles. The fraction of sp³-hybridized carbons (Fsp3) is 0.538. The van der Waals surface area contributed by atoms with Gasteiger partial charge in [0.05, 0.1) is 0 Å². The highest BCUT2D eigenvalue weighted by molar-refractivity contribution is 9.10. The summed E-state index contributed by atoms with van der Waals surface area (Å²) in [4.78, 5) is 0. The van der Waals surface area contributed by atoms with Gasteiger partial charge >= 0.3 is 0 Å². The Balaban J connectivity index is 2.01. The number of hydrogen-bond donors (Lipinski definition) is 1. The van der Waals surface area contributed by atoms with E-state index >= 15 is 0 Å². The lowest BCUT2D eigenvalue weighted by atomic mass is 9.88. The van der Waals surface area contributed by atoms with E-state index in [1.165, 1.54) is 6.07 Å². The van der Waals surface area contributed by atoms with E-state index in [0.29, 0.717) is 17.9 Å². The monoisotopic (exact) mass is 301 g/mol. The third-order valence-corrected chi connectivity index (χ3v) is 3.83. The van der Waals surface area contributed by atoms with Gasteiger partial charge in [0, 0.05) is 23.7 Å². The number of rotatable bonds is 3. The molecule has 0 radical (unpaired) electrons. The molecular formula is C13H17BrFNO. The summed E-state index contributed by atoms with van der Waals surface area (Å²) in [7, 11) is 0. The molecule has 2 N–H and O–H groups in total. The van der Waals surface area contributed by atoms with Crippen LogP contribution in [0, 0.1) is 11.7 Å². The SMILES string of the molecule is NC(Cc1cc(Br)ccc1F)C1CCOCC1. The molecule has 94 valence electrons. The van der Waals surface area contributed by atoms with Crippen LogP contribution in [0.3, 0.4) is 0 Å². The fourth-order valence-corrected chi connectivity index (χ4v) is 2.67. The molecule has 1 unspecified atom stereocenters. The van der Waals surface area contributed by atoms with Gasteiger partial charge in [-0.2, -0.15) is 0 Å². The van der Waals surface area contributed by atoms with E-state index in [4.69, 9.17) is 10.5 Å². The number of hydrogen-bond acceptors (Lipinski definition) is 2. The van der Waals surface area contributed by atoms with Crippen molar-refractivity contribution in [1.82, 2.24) is 0 Å². The van der Waals surface area contributed by atoms with E-state index < -0.39 is 0 Å². The van der Waals surface area contributed by atoms with Crippen LogP contribution in [-0.2, 0) is 11.2 Å². The van der Waals surface area contributed by atoms with Crippen molar-refractivity contribution >= 4 is 15.9 Å². The van der Waals surface area contributed by atoms with Crippen LogP contribution < -0.4 is 5.73 Å². The molecule has 0 bridgehead atoms. The second-order valence-corrected chi connectivity index (χ2v) is 5.47. The lowest BCUT2D eigenvalue weighted by molar-refractivity contribution is 0.0584. The van der Waals surface area contributed by atoms with Crippen molar-refractivity contribution < 1.29 is 9.13 Å². The Hall–Kier alpha value is -0.450. The maximum atomic E-state index is 13.6. The molecule has 1 aliphatic rings. The van der Waals surface area contributed by atoms with Gasteiger partial charge in [-0.25, -0.2) is 4.39 Å². The molecule has 2 nitrogen and oxygen atoms in total. The number of halogens is 2. The second kappa shape index (κ2) is 5.94. The summed E-state index contributed by atoms with van der Waals surface area (Å²) < 4.78 is 19.8. The topological polar surface area (TPSA) is 35.2 Å². The highest BCUT2D eigenvalue weighted by Crippen LogP contribution is 2.22. The third kappa shape index (κ3) is 3.50. The van der Waals surface area contributed by atoms with Crippen molar-refractivity contribution in [3.63, 3.8) is 0 Å². The molecule has 0 aromatic heterocycles. The molecule has 17 heavy (non-hydrogen) atoms. The van der Waals surface area contributed by atoms with Gasteiger partial charge in [-0.15, -0.1) is 0 Å². The number of nitrogens with two attached hydrogens (primary N) is 1. The molecule has 0 amide bonds. The number of ether oxygens (including phenoxy) is 1. The van der Waals surface area contributed by atoms with E-state index in [-0.39, 0.29) is 11.9 Å². The van der Waals surface area contributed by atoms with E-state index in [2.05, 4.69) is 15.9 Å². The summed E-state index contributed by atoms with van der Waals surface area (Å²) in [6.45, 7) is 1.55. The summed E-state index contributed by atoms with van der Waals surface area (Å²) >= 11 is 3.35. The van der Waals surface area contributed by atoms with Gasteiger partial charge in [0.25, 0.3) is 0 Å². The smallest absolute Gasteiger partial charge is 0.126 e. The molecule has 0 aliphatic carbocycles. The first-order valence-corrected chi connectivity index (χ1v) is 6.73. The lowest BCUT2D eigenvalue weighted by Crippen LogP contribution is -2.36. The third-order valence-electron chi connectivity index (χ3n) is 3.33. The quantitative estimate of drug-likeness (QED) is 0.932. The molecule has 1 saturated heterocycles. The van der Waals surface area contributed by atoms with Crippen molar-refractivity contribution in [3.8, 4) is 0 Å². The summed E-state index contributed by atoms with van der Waals surface area (Å²) in [6, 6.07) is 5.02. The molecular weight excluding hydrogens is 285 g/mol. The fourth-order valence-electron chi connectivity index (χ4n) is 2.26. The zero-order chi connectivity index (χ0) is 12.3. The van der Waals surface area contributed by atoms with Gasteiger partial charge in [0.1, 0.15) is 5.82 Å². The Morgan fingerprint density at radius 2 is 2.12 bits per heavy atom. The molecule has 0 spiro atoms. The highest BCUT2D eigenvalue weighted by atomic mass is 79.9. The van der Waals surface area contributed by atoms with Crippen molar-refractivity contribution in [2.75, 3.05) is 13.2 Å². The predicted octanol–water partition coefficient (Wildman–Crippen LogP) is 2.88. The van der Waals surface area contributed by atoms with E-state index in [0.717, 1.165) is 30.5 Å². The summed E-state index contributed by atoms with van der Waals surface area (Å²) in [5.41, 5.74) is 6.85. The van der Waals surface area contributed by atoms with Crippen LogP contribution in [0.4, 0.5) is 4.39 Å². The van der Waals surface area contributed by atoms with Crippen molar-refractivity contribution in [2.45, 2.75) is 25.3 Å². The van der Waals surface area contributed by atoms with Crippen LogP contribution in [-0.4, -0.2) is 19.3 Å². The largest absolute Gasteiger partial charge is 0.381 e. The Kier molecular flexibility index (Phi) is 4.54. The first kappa shape index (κ1) is 13.0. The van der Waals surface area contributed by atoms with Crippen LogP contribution in [0.25, 0.3) is 0 Å². The van der Waals surface area contributed by atoms with E-state index in [1.54, 1.807) is 6.07 Å². The number of benzene rings is 1. The normalized spacial score (nSPS) is 19.2. The van der Waals surface area contributed by atoms with Gasteiger partial charge in [0.2, 0.25) is 0 Å².